The number of para-hydroxylation sites is 1. The van der Waals surface area contributed by atoms with Gasteiger partial charge in [-0.25, -0.2) is 0 Å². The van der Waals surface area contributed by atoms with E-state index in [1.54, 1.807) is 31.2 Å². The second kappa shape index (κ2) is 8.06. The Balaban J connectivity index is 1.45. The van der Waals surface area contributed by atoms with E-state index in [0.717, 1.165) is 62.6 Å². The molecule has 2 saturated heterocycles. The first kappa shape index (κ1) is 19.8. The number of aryl methyl sites for hydroxylation is 1. The van der Waals surface area contributed by atoms with Crippen LogP contribution < -0.4 is 9.47 Å². The number of ether oxygens (including phenoxy) is 2. The van der Waals surface area contributed by atoms with Crippen molar-refractivity contribution in [3.05, 3.63) is 41.7 Å². The number of carbonyl (C=O) groups excluding carboxylic acids is 1. The fraction of sp³-hybridized carbons (Fsp3) is 0.545. The summed E-state index contributed by atoms with van der Waals surface area (Å²) in [5.74, 6) is 1.67. The van der Waals surface area contributed by atoms with Gasteiger partial charge in [-0.1, -0.05) is 12.1 Å². The summed E-state index contributed by atoms with van der Waals surface area (Å²) in [5, 5.41) is 4.14. The average molecular weight is 399 g/mol. The van der Waals surface area contributed by atoms with Gasteiger partial charge in [-0.2, -0.15) is 5.10 Å². The Hall–Kier alpha value is -2.54. The molecule has 1 unspecified atom stereocenters. The molecule has 0 radical (unpaired) electrons. The van der Waals surface area contributed by atoms with E-state index >= 15 is 0 Å². The maximum absolute atomic E-state index is 12.9. The van der Waals surface area contributed by atoms with Crippen molar-refractivity contribution in [2.45, 2.75) is 25.8 Å². The van der Waals surface area contributed by atoms with E-state index in [1.807, 2.05) is 24.1 Å². The Morgan fingerprint density at radius 3 is 2.72 bits per heavy atom. The van der Waals surface area contributed by atoms with Gasteiger partial charge in [-0.15, -0.1) is 0 Å². The van der Waals surface area contributed by atoms with E-state index < -0.39 is 0 Å². The second-order valence-corrected chi connectivity index (χ2v) is 8.28. The van der Waals surface area contributed by atoms with Crippen LogP contribution in [0.5, 0.6) is 11.5 Å². The molecule has 2 aromatic rings. The quantitative estimate of drug-likeness (QED) is 0.775. The van der Waals surface area contributed by atoms with Crippen LogP contribution in [0.25, 0.3) is 0 Å². The van der Waals surface area contributed by atoms with E-state index in [0.29, 0.717) is 5.69 Å². The van der Waals surface area contributed by atoms with Crippen LogP contribution in [0.2, 0.25) is 0 Å². The number of aromatic nitrogens is 2. The van der Waals surface area contributed by atoms with Crippen LogP contribution in [0.15, 0.2) is 30.5 Å². The summed E-state index contributed by atoms with van der Waals surface area (Å²) < 4.78 is 12.7. The second-order valence-electron chi connectivity index (χ2n) is 8.28. The zero-order chi connectivity index (χ0) is 20.4. The van der Waals surface area contributed by atoms with Crippen molar-refractivity contribution in [1.82, 2.24) is 19.6 Å². The molecule has 2 fully saturated rings. The lowest BCUT2D eigenvalue weighted by molar-refractivity contribution is 0.0665. The molecular weight excluding hydrogens is 368 g/mol. The maximum atomic E-state index is 12.9. The molecule has 0 aliphatic carbocycles. The number of nitrogens with zero attached hydrogens (tertiary/aromatic N) is 4. The van der Waals surface area contributed by atoms with Crippen molar-refractivity contribution in [2.24, 2.45) is 12.5 Å². The van der Waals surface area contributed by atoms with Crippen LogP contribution in [0.1, 0.15) is 35.3 Å². The Morgan fingerprint density at radius 1 is 1.14 bits per heavy atom. The number of rotatable bonds is 5. The molecule has 7 nitrogen and oxygen atoms in total. The first-order chi connectivity index (χ1) is 14.0. The molecule has 1 atom stereocenters. The van der Waals surface area contributed by atoms with Crippen molar-refractivity contribution >= 4 is 5.91 Å². The number of carbonyl (C=O) groups is 1. The van der Waals surface area contributed by atoms with Crippen LogP contribution in [-0.2, 0) is 13.6 Å². The Bertz CT molecular complexity index is 881. The number of benzene rings is 1. The minimum absolute atomic E-state index is 0.0912. The number of amides is 1. The van der Waals surface area contributed by atoms with Crippen LogP contribution >= 0.6 is 0 Å². The lowest BCUT2D eigenvalue weighted by atomic mass is 9.79. The third kappa shape index (κ3) is 3.83. The molecule has 7 heteroatoms. The summed E-state index contributed by atoms with van der Waals surface area (Å²) in [5.41, 5.74) is 1.99. The van der Waals surface area contributed by atoms with Gasteiger partial charge in [0, 0.05) is 50.4 Å². The summed E-state index contributed by atoms with van der Waals surface area (Å²) >= 11 is 0. The monoisotopic (exact) mass is 398 g/mol. The lowest BCUT2D eigenvalue weighted by Gasteiger charge is -2.40. The van der Waals surface area contributed by atoms with Crippen LogP contribution in [-0.4, -0.2) is 65.9 Å². The van der Waals surface area contributed by atoms with E-state index in [2.05, 4.69) is 16.1 Å². The molecule has 1 amide bonds. The largest absolute Gasteiger partial charge is 0.493 e. The Labute approximate surface area is 172 Å². The zero-order valence-electron chi connectivity index (χ0n) is 17.6. The molecule has 3 heterocycles. The fourth-order valence-corrected chi connectivity index (χ4v) is 4.95. The highest BCUT2D eigenvalue weighted by Gasteiger charge is 2.43. The molecule has 4 rings (SSSR count). The van der Waals surface area contributed by atoms with Crippen molar-refractivity contribution < 1.29 is 14.3 Å². The van der Waals surface area contributed by atoms with Gasteiger partial charge >= 0.3 is 0 Å². The molecule has 0 saturated carbocycles. The molecule has 2 aliphatic heterocycles. The van der Waals surface area contributed by atoms with Crippen LogP contribution in [0.4, 0.5) is 0 Å². The van der Waals surface area contributed by atoms with Crippen molar-refractivity contribution in [3.8, 4) is 11.5 Å². The predicted molar refractivity (Wildman–Crippen MR) is 110 cm³/mol. The van der Waals surface area contributed by atoms with Crippen molar-refractivity contribution in [2.75, 3.05) is 40.4 Å². The topological polar surface area (TPSA) is 59.8 Å². The van der Waals surface area contributed by atoms with Gasteiger partial charge in [0.05, 0.1) is 14.2 Å². The van der Waals surface area contributed by atoms with Gasteiger partial charge in [0.1, 0.15) is 5.69 Å². The number of hydrogen-bond donors (Lipinski definition) is 0. The predicted octanol–water partition coefficient (Wildman–Crippen LogP) is 2.57. The molecule has 1 spiro atoms. The van der Waals surface area contributed by atoms with Gasteiger partial charge in [-0.05, 0) is 37.9 Å². The summed E-state index contributed by atoms with van der Waals surface area (Å²) in [6, 6.07) is 7.85. The zero-order valence-corrected chi connectivity index (χ0v) is 17.6. The Kier molecular flexibility index (Phi) is 5.50. The summed E-state index contributed by atoms with van der Waals surface area (Å²) in [4.78, 5) is 17.4. The summed E-state index contributed by atoms with van der Waals surface area (Å²) in [6.07, 6.45) is 5.07. The Morgan fingerprint density at radius 2 is 2.00 bits per heavy atom. The molecular formula is C22H30N4O3. The SMILES string of the molecule is COc1cccc(CN2CCCC3(CCN(C(=O)c4ccnn4C)C3)C2)c1OC. The molecule has 2 aliphatic rings. The molecule has 156 valence electrons. The molecule has 1 aromatic heterocycles. The highest BCUT2D eigenvalue weighted by Crippen LogP contribution is 2.40. The lowest BCUT2D eigenvalue weighted by Crippen LogP contribution is -2.45. The minimum Gasteiger partial charge on any atom is -0.493 e. The standard InChI is InChI=1S/C22H30N4O3/c1-24-18(8-11-23-24)21(27)26-13-10-22(16-26)9-5-12-25(15-22)14-17-6-4-7-19(28-2)20(17)29-3/h4,6-8,11H,5,9-10,12-16H2,1-3H3. The third-order valence-electron chi connectivity index (χ3n) is 6.38. The van der Waals surface area contributed by atoms with Crippen LogP contribution in [0.3, 0.4) is 0 Å². The average Bonchev–Trinajstić information content (AvgIpc) is 3.34. The summed E-state index contributed by atoms with van der Waals surface area (Å²) in [6.45, 7) is 4.54. The van der Waals surface area contributed by atoms with E-state index in [9.17, 15) is 4.79 Å². The van der Waals surface area contributed by atoms with Crippen molar-refractivity contribution in [1.29, 1.82) is 0 Å². The molecule has 1 aromatic carbocycles. The number of methoxy groups -OCH3 is 2. The van der Waals surface area contributed by atoms with E-state index in [-0.39, 0.29) is 11.3 Å². The van der Waals surface area contributed by atoms with E-state index in [1.165, 1.54) is 6.42 Å². The van der Waals surface area contributed by atoms with Gasteiger partial charge in [-0.3, -0.25) is 14.4 Å². The number of hydrogen-bond acceptors (Lipinski definition) is 5. The minimum atomic E-state index is 0.0912. The molecule has 29 heavy (non-hydrogen) atoms. The highest BCUT2D eigenvalue weighted by atomic mass is 16.5. The van der Waals surface area contributed by atoms with Gasteiger partial charge in [0.25, 0.3) is 5.91 Å². The smallest absolute Gasteiger partial charge is 0.272 e. The molecule has 0 bridgehead atoms. The van der Waals surface area contributed by atoms with Gasteiger partial charge in [0.2, 0.25) is 0 Å². The van der Waals surface area contributed by atoms with Gasteiger partial charge in [0.15, 0.2) is 11.5 Å². The first-order valence-corrected chi connectivity index (χ1v) is 10.2. The number of likely N-dealkylation sites (tertiary alicyclic amines) is 2. The highest BCUT2D eigenvalue weighted by molar-refractivity contribution is 5.92. The summed E-state index contributed by atoms with van der Waals surface area (Å²) in [7, 11) is 5.19. The van der Waals surface area contributed by atoms with Crippen LogP contribution in [0, 0.1) is 5.41 Å². The molecule has 0 N–H and O–H groups in total. The van der Waals surface area contributed by atoms with Crippen molar-refractivity contribution in [3.63, 3.8) is 0 Å². The van der Waals surface area contributed by atoms with E-state index in [4.69, 9.17) is 9.47 Å². The van der Waals surface area contributed by atoms with Gasteiger partial charge < -0.3 is 14.4 Å². The third-order valence-corrected chi connectivity index (χ3v) is 6.38. The number of piperidine rings is 1. The first-order valence-electron chi connectivity index (χ1n) is 10.2. The normalized spacial score (nSPS) is 22.2. The maximum Gasteiger partial charge on any atom is 0.272 e. The fourth-order valence-electron chi connectivity index (χ4n) is 4.95.